The SMILES string of the molecule is CC(C)C1(C)CC(=O)N(C(C)(C)C(N)=S)C1=O. The predicted octanol–water partition coefficient (Wildman–Crippen LogP) is 1.47. The summed E-state index contributed by atoms with van der Waals surface area (Å²) in [5, 5.41) is 0. The average Bonchev–Trinajstić information content (AvgIpc) is 2.38. The molecular formula is C12H20N2O2S. The third kappa shape index (κ3) is 1.97. The highest BCUT2D eigenvalue weighted by molar-refractivity contribution is 7.80. The monoisotopic (exact) mass is 256 g/mol. The van der Waals surface area contributed by atoms with Crippen molar-refractivity contribution in [3.63, 3.8) is 0 Å². The molecule has 1 fully saturated rings. The van der Waals surface area contributed by atoms with E-state index < -0.39 is 11.0 Å². The van der Waals surface area contributed by atoms with Crippen molar-refractivity contribution in [2.75, 3.05) is 0 Å². The summed E-state index contributed by atoms with van der Waals surface area (Å²) in [6, 6.07) is 0. The molecule has 0 aromatic rings. The quantitative estimate of drug-likeness (QED) is 0.613. The first-order chi connectivity index (χ1) is 7.55. The third-order valence-electron chi connectivity index (χ3n) is 3.90. The fraction of sp³-hybridized carbons (Fsp3) is 0.750. The van der Waals surface area contributed by atoms with Gasteiger partial charge in [-0.1, -0.05) is 26.1 Å². The lowest BCUT2D eigenvalue weighted by Gasteiger charge is -2.35. The first-order valence-corrected chi connectivity index (χ1v) is 6.13. The summed E-state index contributed by atoms with van der Waals surface area (Å²) in [4.78, 5) is 25.9. The molecule has 2 N–H and O–H groups in total. The van der Waals surface area contributed by atoms with Crippen molar-refractivity contribution >= 4 is 29.0 Å². The minimum absolute atomic E-state index is 0.103. The van der Waals surface area contributed by atoms with E-state index in [1.807, 2.05) is 20.8 Å². The van der Waals surface area contributed by atoms with Crippen molar-refractivity contribution in [1.82, 2.24) is 4.90 Å². The van der Waals surface area contributed by atoms with Crippen LogP contribution in [0.2, 0.25) is 0 Å². The Morgan fingerprint density at radius 1 is 1.47 bits per heavy atom. The lowest BCUT2D eigenvalue weighted by molar-refractivity contribution is -0.145. The van der Waals surface area contributed by atoms with Gasteiger partial charge in [-0.05, 0) is 26.7 Å². The number of hydrogen-bond donors (Lipinski definition) is 1. The number of nitrogens with zero attached hydrogens (tertiary/aromatic N) is 1. The second-order valence-corrected chi connectivity index (χ2v) is 6.15. The van der Waals surface area contributed by atoms with Crippen LogP contribution in [0.3, 0.4) is 0 Å². The van der Waals surface area contributed by atoms with Crippen LogP contribution in [-0.4, -0.2) is 27.2 Å². The van der Waals surface area contributed by atoms with E-state index in [-0.39, 0.29) is 29.1 Å². The largest absolute Gasteiger partial charge is 0.391 e. The van der Waals surface area contributed by atoms with Gasteiger partial charge in [0.05, 0.1) is 15.9 Å². The van der Waals surface area contributed by atoms with Crippen LogP contribution in [0, 0.1) is 11.3 Å². The number of thiocarbonyl (C=S) groups is 1. The highest BCUT2D eigenvalue weighted by Gasteiger charge is 2.54. The van der Waals surface area contributed by atoms with E-state index >= 15 is 0 Å². The summed E-state index contributed by atoms with van der Waals surface area (Å²) in [5.41, 5.74) is 4.09. The van der Waals surface area contributed by atoms with Gasteiger partial charge in [-0.15, -0.1) is 0 Å². The molecule has 0 bridgehead atoms. The fourth-order valence-corrected chi connectivity index (χ4v) is 2.06. The van der Waals surface area contributed by atoms with Gasteiger partial charge in [-0.25, -0.2) is 0 Å². The van der Waals surface area contributed by atoms with Crippen LogP contribution in [0.1, 0.15) is 41.0 Å². The molecule has 1 rings (SSSR count). The van der Waals surface area contributed by atoms with E-state index in [1.54, 1.807) is 13.8 Å². The Balaban J connectivity index is 3.19. The van der Waals surface area contributed by atoms with Crippen molar-refractivity contribution in [3.05, 3.63) is 0 Å². The van der Waals surface area contributed by atoms with Gasteiger partial charge in [-0.2, -0.15) is 0 Å². The molecule has 1 atom stereocenters. The van der Waals surface area contributed by atoms with Crippen molar-refractivity contribution in [2.24, 2.45) is 17.1 Å². The van der Waals surface area contributed by atoms with Crippen molar-refractivity contribution in [2.45, 2.75) is 46.6 Å². The molecule has 1 aliphatic rings. The Morgan fingerprint density at radius 2 is 1.94 bits per heavy atom. The van der Waals surface area contributed by atoms with Gasteiger partial charge in [-0.3, -0.25) is 14.5 Å². The number of amides is 2. The summed E-state index contributed by atoms with van der Waals surface area (Å²) in [6.45, 7) is 9.13. The maximum Gasteiger partial charge on any atom is 0.236 e. The zero-order valence-corrected chi connectivity index (χ0v) is 11.9. The summed E-state index contributed by atoms with van der Waals surface area (Å²) in [5.74, 6) is -0.259. The van der Waals surface area contributed by atoms with Crippen LogP contribution in [0.4, 0.5) is 0 Å². The number of likely N-dealkylation sites (tertiary alicyclic amines) is 1. The van der Waals surface area contributed by atoms with Gasteiger partial charge in [0.1, 0.15) is 0 Å². The van der Waals surface area contributed by atoms with Crippen molar-refractivity contribution in [3.8, 4) is 0 Å². The van der Waals surface area contributed by atoms with Crippen LogP contribution in [-0.2, 0) is 9.59 Å². The Kier molecular flexibility index (Phi) is 3.36. The summed E-state index contributed by atoms with van der Waals surface area (Å²) >= 11 is 4.95. The molecule has 0 saturated carbocycles. The molecule has 1 saturated heterocycles. The molecule has 0 spiro atoms. The standard InChI is InChI=1S/C12H20N2O2S/c1-7(2)12(5)6-8(15)14(10(12)16)11(3,4)9(13)17/h7H,6H2,1-5H3,(H2,13,17). The lowest BCUT2D eigenvalue weighted by atomic mass is 9.77. The number of hydrogen-bond acceptors (Lipinski definition) is 3. The summed E-state index contributed by atoms with van der Waals surface area (Å²) < 4.78 is 0. The highest BCUT2D eigenvalue weighted by atomic mass is 32.1. The Bertz CT molecular complexity index is 390. The van der Waals surface area contributed by atoms with Crippen LogP contribution in [0.5, 0.6) is 0 Å². The zero-order valence-electron chi connectivity index (χ0n) is 11.0. The second kappa shape index (κ2) is 4.05. The van der Waals surface area contributed by atoms with Crippen molar-refractivity contribution in [1.29, 1.82) is 0 Å². The van der Waals surface area contributed by atoms with Gasteiger partial charge in [0.25, 0.3) is 0 Å². The van der Waals surface area contributed by atoms with Gasteiger partial charge in [0.2, 0.25) is 11.8 Å². The fourth-order valence-electron chi connectivity index (χ4n) is 1.96. The maximum absolute atomic E-state index is 12.4. The Hall–Kier alpha value is -0.970. The third-order valence-corrected chi connectivity index (χ3v) is 4.40. The van der Waals surface area contributed by atoms with Gasteiger partial charge < -0.3 is 5.73 Å². The van der Waals surface area contributed by atoms with Gasteiger partial charge in [0, 0.05) is 6.42 Å². The molecule has 0 aromatic heterocycles. The molecule has 0 aliphatic carbocycles. The number of carbonyl (C=O) groups excluding carboxylic acids is 2. The van der Waals surface area contributed by atoms with Crippen LogP contribution < -0.4 is 5.73 Å². The predicted molar refractivity (Wildman–Crippen MR) is 70.3 cm³/mol. The van der Waals surface area contributed by atoms with Crippen LogP contribution >= 0.6 is 12.2 Å². The summed E-state index contributed by atoms with van der Waals surface area (Å²) in [7, 11) is 0. The lowest BCUT2D eigenvalue weighted by Crippen LogP contribution is -2.56. The smallest absolute Gasteiger partial charge is 0.236 e. The molecule has 1 heterocycles. The van der Waals surface area contributed by atoms with Crippen molar-refractivity contribution < 1.29 is 9.59 Å². The zero-order chi connectivity index (χ0) is 13.6. The maximum atomic E-state index is 12.4. The molecule has 96 valence electrons. The Morgan fingerprint density at radius 3 is 2.24 bits per heavy atom. The van der Waals surface area contributed by atoms with Gasteiger partial charge >= 0.3 is 0 Å². The molecule has 4 nitrogen and oxygen atoms in total. The van der Waals surface area contributed by atoms with E-state index in [2.05, 4.69) is 0 Å². The number of rotatable bonds is 3. The minimum Gasteiger partial charge on any atom is -0.391 e. The van der Waals surface area contributed by atoms with E-state index in [0.717, 1.165) is 0 Å². The molecule has 2 amide bonds. The molecule has 17 heavy (non-hydrogen) atoms. The molecule has 1 aliphatic heterocycles. The first-order valence-electron chi connectivity index (χ1n) is 5.72. The van der Waals surface area contributed by atoms with Crippen LogP contribution in [0.15, 0.2) is 0 Å². The molecule has 5 heteroatoms. The van der Waals surface area contributed by atoms with E-state index in [1.165, 1.54) is 4.90 Å². The number of carbonyl (C=O) groups is 2. The van der Waals surface area contributed by atoms with Crippen LogP contribution in [0.25, 0.3) is 0 Å². The normalized spacial score (nSPS) is 25.9. The highest BCUT2D eigenvalue weighted by Crippen LogP contribution is 2.41. The van der Waals surface area contributed by atoms with E-state index in [4.69, 9.17) is 18.0 Å². The topological polar surface area (TPSA) is 63.4 Å². The second-order valence-electron chi connectivity index (χ2n) is 5.71. The molecule has 1 unspecified atom stereocenters. The molecular weight excluding hydrogens is 236 g/mol. The average molecular weight is 256 g/mol. The molecule has 0 aromatic carbocycles. The van der Waals surface area contributed by atoms with E-state index in [0.29, 0.717) is 0 Å². The molecule has 0 radical (unpaired) electrons. The summed E-state index contributed by atoms with van der Waals surface area (Å²) in [6.07, 6.45) is 0.232. The minimum atomic E-state index is -0.893. The Labute approximate surface area is 108 Å². The van der Waals surface area contributed by atoms with Gasteiger partial charge in [0.15, 0.2) is 0 Å². The number of nitrogens with two attached hydrogens (primary N) is 1. The first kappa shape index (κ1) is 14.1. The number of imide groups is 1. The van der Waals surface area contributed by atoms with E-state index in [9.17, 15) is 9.59 Å².